The highest BCUT2D eigenvalue weighted by atomic mass is 35.5. The lowest BCUT2D eigenvalue weighted by Crippen LogP contribution is -2.47. The largest absolute Gasteiger partial charge is 0.480 e. The van der Waals surface area contributed by atoms with E-state index in [1.54, 1.807) is 31.2 Å². The van der Waals surface area contributed by atoms with Crippen molar-refractivity contribution in [2.45, 2.75) is 12.5 Å². The molecule has 0 radical (unpaired) electrons. The molecule has 0 aliphatic heterocycles. The zero-order valence-corrected chi connectivity index (χ0v) is 10.6. The third-order valence-corrected chi connectivity index (χ3v) is 2.85. The molecule has 0 spiro atoms. The Balaban J connectivity index is 2.89. The summed E-state index contributed by atoms with van der Waals surface area (Å²) in [4.78, 5) is 14.0. The van der Waals surface area contributed by atoms with Crippen molar-refractivity contribution in [1.29, 1.82) is 0 Å². The maximum atomic E-state index is 11.4. The molecular weight excluding hydrogens is 256 g/mol. The number of carbonyl (C=O) groups is 1. The van der Waals surface area contributed by atoms with Crippen LogP contribution in [0.5, 0.6) is 0 Å². The summed E-state index contributed by atoms with van der Waals surface area (Å²) in [7, 11) is 0. The maximum Gasteiger partial charge on any atom is 0.328 e. The van der Waals surface area contributed by atoms with Crippen LogP contribution in [0.4, 0.5) is 0 Å². The van der Waals surface area contributed by atoms with Gasteiger partial charge in [-0.1, -0.05) is 28.8 Å². The summed E-state index contributed by atoms with van der Waals surface area (Å²) in [5.41, 5.74) is 7.50. The first kappa shape index (κ1) is 14.3. The molecule has 0 heterocycles. The van der Waals surface area contributed by atoms with Crippen molar-refractivity contribution in [2.75, 3.05) is 13.1 Å². The van der Waals surface area contributed by atoms with E-state index in [9.17, 15) is 9.90 Å². The molecule has 0 aliphatic carbocycles. The molecule has 1 rings (SSSR count). The second-order valence-electron chi connectivity index (χ2n) is 3.82. The van der Waals surface area contributed by atoms with Gasteiger partial charge in [-0.3, -0.25) is 5.32 Å². The Morgan fingerprint density at radius 1 is 1.56 bits per heavy atom. The van der Waals surface area contributed by atoms with E-state index in [0.29, 0.717) is 10.6 Å². The summed E-state index contributed by atoms with van der Waals surface area (Å²) in [6.45, 7) is 2.01. The number of aliphatic carboxylic acids is 1. The zero-order valence-electron chi connectivity index (χ0n) is 9.80. The van der Waals surface area contributed by atoms with Crippen molar-refractivity contribution in [3.8, 4) is 0 Å². The summed E-state index contributed by atoms with van der Waals surface area (Å²) in [6, 6.07) is 6.56. The Morgan fingerprint density at radius 2 is 2.17 bits per heavy atom. The lowest BCUT2D eigenvalue weighted by molar-refractivity contribution is -0.144. The predicted molar refractivity (Wildman–Crippen MR) is 68.5 cm³/mol. The standard InChI is InChI=1S/C11H13ClN4O2/c1-11(10(17)18,14-6-7-15-16-13)8-2-4-9(12)5-3-8/h2-5,14H,6-7H2,1H3,(H,17,18). The van der Waals surface area contributed by atoms with Crippen molar-refractivity contribution in [3.63, 3.8) is 0 Å². The molecule has 96 valence electrons. The third-order valence-electron chi connectivity index (χ3n) is 2.60. The molecule has 0 saturated carbocycles. The fraction of sp³-hybridized carbons (Fsp3) is 0.364. The van der Waals surface area contributed by atoms with Crippen LogP contribution in [0.3, 0.4) is 0 Å². The van der Waals surface area contributed by atoms with E-state index < -0.39 is 11.5 Å². The molecule has 0 aliphatic rings. The lowest BCUT2D eigenvalue weighted by Gasteiger charge is -2.26. The van der Waals surface area contributed by atoms with Crippen molar-refractivity contribution >= 4 is 17.6 Å². The van der Waals surface area contributed by atoms with Gasteiger partial charge in [0.05, 0.1) is 0 Å². The van der Waals surface area contributed by atoms with Gasteiger partial charge in [0, 0.05) is 23.0 Å². The fourth-order valence-electron chi connectivity index (χ4n) is 1.48. The number of hydrogen-bond acceptors (Lipinski definition) is 3. The molecule has 18 heavy (non-hydrogen) atoms. The number of hydrogen-bond donors (Lipinski definition) is 2. The van der Waals surface area contributed by atoms with Crippen LogP contribution in [0.25, 0.3) is 10.4 Å². The minimum atomic E-state index is -1.24. The van der Waals surface area contributed by atoms with Gasteiger partial charge in [-0.05, 0) is 30.2 Å². The van der Waals surface area contributed by atoms with Crippen LogP contribution >= 0.6 is 11.6 Å². The van der Waals surface area contributed by atoms with Crippen LogP contribution in [0, 0.1) is 0 Å². The molecule has 0 saturated heterocycles. The number of carboxylic acid groups (broad SMARTS) is 1. The minimum Gasteiger partial charge on any atom is -0.480 e. The van der Waals surface area contributed by atoms with Crippen LogP contribution in [0.2, 0.25) is 5.02 Å². The highest BCUT2D eigenvalue weighted by molar-refractivity contribution is 6.30. The molecular formula is C11H13ClN4O2. The lowest BCUT2D eigenvalue weighted by atomic mass is 9.92. The van der Waals surface area contributed by atoms with Crippen LogP contribution in [0.15, 0.2) is 29.4 Å². The summed E-state index contributed by atoms with van der Waals surface area (Å²) < 4.78 is 0. The number of azide groups is 1. The quantitative estimate of drug-likeness (QED) is 0.359. The van der Waals surface area contributed by atoms with Crippen molar-refractivity contribution in [3.05, 3.63) is 45.3 Å². The number of halogens is 1. The Kier molecular flexibility index (Phi) is 4.97. The van der Waals surface area contributed by atoms with E-state index in [1.165, 1.54) is 0 Å². The van der Waals surface area contributed by atoms with Crippen LogP contribution in [-0.2, 0) is 10.3 Å². The van der Waals surface area contributed by atoms with Gasteiger partial charge in [-0.25, -0.2) is 4.79 Å². The average molecular weight is 269 g/mol. The molecule has 1 atom stereocenters. The number of benzene rings is 1. The molecule has 1 aromatic carbocycles. The summed E-state index contributed by atoms with van der Waals surface area (Å²) in [6.07, 6.45) is 0. The number of nitrogens with one attached hydrogen (secondary N) is 1. The molecule has 0 fully saturated rings. The highest BCUT2D eigenvalue weighted by Crippen LogP contribution is 2.22. The second kappa shape index (κ2) is 6.26. The van der Waals surface area contributed by atoms with E-state index in [2.05, 4.69) is 15.3 Å². The van der Waals surface area contributed by atoms with E-state index in [4.69, 9.17) is 17.1 Å². The number of rotatable bonds is 6. The molecule has 6 nitrogen and oxygen atoms in total. The highest BCUT2D eigenvalue weighted by Gasteiger charge is 2.34. The van der Waals surface area contributed by atoms with Gasteiger partial charge in [-0.2, -0.15) is 0 Å². The van der Waals surface area contributed by atoms with E-state index in [0.717, 1.165) is 0 Å². The van der Waals surface area contributed by atoms with Crippen LogP contribution in [-0.4, -0.2) is 24.2 Å². The third kappa shape index (κ3) is 3.37. The summed E-state index contributed by atoms with van der Waals surface area (Å²) in [5.74, 6) is -1.01. The summed E-state index contributed by atoms with van der Waals surface area (Å²) >= 11 is 5.76. The smallest absolute Gasteiger partial charge is 0.328 e. The molecule has 7 heteroatoms. The Bertz CT molecular complexity index is 470. The van der Waals surface area contributed by atoms with Gasteiger partial charge in [0.15, 0.2) is 0 Å². The first-order valence-corrected chi connectivity index (χ1v) is 5.64. The molecule has 1 unspecified atom stereocenters. The average Bonchev–Trinajstić information content (AvgIpc) is 2.35. The van der Waals surface area contributed by atoms with Crippen LogP contribution < -0.4 is 5.32 Å². The second-order valence-corrected chi connectivity index (χ2v) is 4.25. The van der Waals surface area contributed by atoms with E-state index in [-0.39, 0.29) is 13.1 Å². The Hall–Kier alpha value is -1.75. The van der Waals surface area contributed by atoms with Crippen molar-refractivity contribution < 1.29 is 9.90 Å². The zero-order chi connectivity index (χ0) is 13.6. The SMILES string of the molecule is CC(NCCN=[N+]=[N-])(C(=O)O)c1ccc(Cl)cc1. The van der Waals surface area contributed by atoms with Crippen molar-refractivity contribution in [2.24, 2.45) is 5.11 Å². The van der Waals surface area contributed by atoms with Gasteiger partial charge >= 0.3 is 5.97 Å². The Labute approximate surface area is 109 Å². The predicted octanol–water partition coefficient (Wildman–Crippen LogP) is 2.54. The molecule has 0 aromatic heterocycles. The van der Waals surface area contributed by atoms with Gasteiger partial charge in [-0.15, -0.1) is 0 Å². The minimum absolute atomic E-state index is 0.187. The molecule has 0 bridgehead atoms. The first-order valence-electron chi connectivity index (χ1n) is 5.26. The van der Waals surface area contributed by atoms with Gasteiger partial charge in [0.1, 0.15) is 5.54 Å². The fourth-order valence-corrected chi connectivity index (χ4v) is 1.61. The number of carboxylic acids is 1. The van der Waals surface area contributed by atoms with Crippen molar-refractivity contribution in [1.82, 2.24) is 5.32 Å². The van der Waals surface area contributed by atoms with Gasteiger partial charge in [0.2, 0.25) is 0 Å². The monoisotopic (exact) mass is 268 g/mol. The van der Waals surface area contributed by atoms with Crippen LogP contribution in [0.1, 0.15) is 12.5 Å². The topological polar surface area (TPSA) is 98.1 Å². The van der Waals surface area contributed by atoms with E-state index >= 15 is 0 Å². The maximum absolute atomic E-state index is 11.4. The molecule has 1 aromatic rings. The number of nitrogens with zero attached hydrogens (tertiary/aromatic N) is 3. The summed E-state index contributed by atoms with van der Waals surface area (Å²) in [5, 5.41) is 16.1. The Morgan fingerprint density at radius 3 is 2.67 bits per heavy atom. The normalized spacial score (nSPS) is 13.4. The molecule has 0 amide bonds. The van der Waals surface area contributed by atoms with Gasteiger partial charge in [0.25, 0.3) is 0 Å². The van der Waals surface area contributed by atoms with E-state index in [1.807, 2.05) is 0 Å². The first-order chi connectivity index (χ1) is 8.50. The van der Waals surface area contributed by atoms with Gasteiger partial charge < -0.3 is 5.11 Å². The molecule has 2 N–H and O–H groups in total.